The number of ether oxygens (including phenoxy) is 1. The lowest BCUT2D eigenvalue weighted by molar-refractivity contribution is -0.127. The molecule has 21 heavy (non-hydrogen) atoms. The van der Waals surface area contributed by atoms with Crippen molar-refractivity contribution < 1.29 is 14.1 Å². The molecule has 6 nitrogen and oxygen atoms in total. The van der Waals surface area contributed by atoms with Crippen LogP contribution in [0.3, 0.4) is 0 Å². The maximum absolute atomic E-state index is 12.4. The molecular formula is C15H25N3O3. The molecule has 6 heteroatoms. The van der Waals surface area contributed by atoms with Gasteiger partial charge in [-0.05, 0) is 34.1 Å². The maximum atomic E-state index is 12.4. The molecule has 3 atom stereocenters. The summed E-state index contributed by atoms with van der Waals surface area (Å²) in [7, 11) is 0. The van der Waals surface area contributed by atoms with Gasteiger partial charge in [0.1, 0.15) is 0 Å². The highest BCUT2D eigenvalue weighted by Gasteiger charge is 2.30. The molecule has 0 radical (unpaired) electrons. The Hall–Kier alpha value is -1.40. The molecular weight excluding hydrogens is 270 g/mol. The van der Waals surface area contributed by atoms with E-state index < -0.39 is 0 Å². The van der Waals surface area contributed by atoms with E-state index in [0.29, 0.717) is 5.88 Å². The van der Waals surface area contributed by atoms with Gasteiger partial charge in [0.25, 0.3) is 0 Å². The van der Waals surface area contributed by atoms with Crippen molar-refractivity contribution in [1.29, 1.82) is 0 Å². The third kappa shape index (κ3) is 3.63. The zero-order chi connectivity index (χ0) is 15.6. The number of carbonyl (C=O) groups is 1. The van der Waals surface area contributed by atoms with E-state index >= 15 is 0 Å². The highest BCUT2D eigenvalue weighted by molar-refractivity contribution is 5.94. The summed E-state index contributed by atoms with van der Waals surface area (Å²) >= 11 is 0. The minimum atomic E-state index is -0.228. The van der Waals surface area contributed by atoms with Crippen molar-refractivity contribution in [3.8, 4) is 0 Å². The fourth-order valence-corrected chi connectivity index (χ4v) is 2.73. The van der Waals surface area contributed by atoms with E-state index in [1.807, 2.05) is 34.6 Å². The first-order valence-corrected chi connectivity index (χ1v) is 7.57. The fraction of sp³-hybridized carbons (Fsp3) is 0.733. The summed E-state index contributed by atoms with van der Waals surface area (Å²) in [6.45, 7) is 11.4. The molecule has 2 rings (SSSR count). The average molecular weight is 295 g/mol. The predicted octanol–water partition coefficient (Wildman–Crippen LogP) is 1.98. The number of aryl methyl sites for hydroxylation is 1. The average Bonchev–Trinajstić information content (AvgIpc) is 2.77. The molecule has 0 spiro atoms. The summed E-state index contributed by atoms with van der Waals surface area (Å²) in [5.41, 5.74) is 1.79. The molecule has 1 aromatic rings. The van der Waals surface area contributed by atoms with Crippen LogP contribution >= 0.6 is 0 Å². The van der Waals surface area contributed by atoms with Crippen LogP contribution in [0, 0.1) is 6.92 Å². The Balaban J connectivity index is 2.00. The molecule has 118 valence electrons. The summed E-state index contributed by atoms with van der Waals surface area (Å²) in [5.74, 6) is 0.385. The molecule has 1 N–H and O–H groups in total. The van der Waals surface area contributed by atoms with Gasteiger partial charge in [0.05, 0.1) is 23.9 Å². The lowest BCUT2D eigenvalue weighted by Gasteiger charge is -2.38. The highest BCUT2D eigenvalue weighted by Crippen LogP contribution is 2.20. The molecule has 0 bridgehead atoms. The third-order valence-corrected chi connectivity index (χ3v) is 3.97. The van der Waals surface area contributed by atoms with Gasteiger partial charge in [-0.2, -0.15) is 0 Å². The van der Waals surface area contributed by atoms with Crippen molar-refractivity contribution >= 4 is 11.8 Å². The molecule has 1 fully saturated rings. The Bertz CT molecular complexity index is 490. The Labute approximate surface area is 125 Å². The van der Waals surface area contributed by atoms with Crippen LogP contribution in [-0.2, 0) is 16.0 Å². The molecule has 0 aromatic carbocycles. The van der Waals surface area contributed by atoms with Crippen LogP contribution in [0.2, 0.25) is 0 Å². The topological polar surface area (TPSA) is 67.6 Å². The van der Waals surface area contributed by atoms with Gasteiger partial charge in [-0.15, -0.1) is 0 Å². The molecule has 2 heterocycles. The number of aromatic nitrogens is 1. The molecule has 1 aliphatic rings. The smallest absolute Gasteiger partial charge is 0.243 e. The standard InChI is InChI=1S/C15H25N3O3/c1-6-13-11(4)15(21-17-13)16-14(19)12(5)18-7-9(2)20-10(3)8-18/h9-10,12H,6-8H2,1-5H3,(H,16,19)/t9-,10+,12?. The van der Waals surface area contributed by atoms with Gasteiger partial charge in [-0.1, -0.05) is 12.1 Å². The van der Waals surface area contributed by atoms with E-state index in [1.165, 1.54) is 0 Å². The number of amides is 1. The fourth-order valence-electron chi connectivity index (χ4n) is 2.73. The molecule has 1 unspecified atom stereocenters. The number of hydrogen-bond donors (Lipinski definition) is 1. The van der Waals surface area contributed by atoms with Crippen molar-refractivity contribution in [2.45, 2.75) is 59.3 Å². The van der Waals surface area contributed by atoms with Gasteiger partial charge in [0, 0.05) is 18.7 Å². The summed E-state index contributed by atoms with van der Waals surface area (Å²) in [6, 6.07) is -0.228. The number of nitrogens with zero attached hydrogens (tertiary/aromatic N) is 2. The number of morpholine rings is 1. The van der Waals surface area contributed by atoms with Gasteiger partial charge in [-0.3, -0.25) is 15.0 Å². The molecule has 1 saturated heterocycles. The van der Waals surface area contributed by atoms with E-state index in [9.17, 15) is 4.79 Å². The monoisotopic (exact) mass is 295 g/mol. The predicted molar refractivity (Wildman–Crippen MR) is 80.3 cm³/mol. The van der Waals surface area contributed by atoms with Crippen LogP contribution in [0.15, 0.2) is 4.52 Å². The minimum Gasteiger partial charge on any atom is -0.373 e. The normalized spacial score (nSPS) is 24.8. The van der Waals surface area contributed by atoms with Crippen molar-refractivity contribution in [3.63, 3.8) is 0 Å². The van der Waals surface area contributed by atoms with E-state index in [0.717, 1.165) is 30.8 Å². The first kappa shape index (κ1) is 16.0. The first-order chi connectivity index (χ1) is 9.92. The van der Waals surface area contributed by atoms with Gasteiger partial charge in [0.15, 0.2) is 0 Å². The van der Waals surface area contributed by atoms with Gasteiger partial charge in [-0.25, -0.2) is 0 Å². The largest absolute Gasteiger partial charge is 0.373 e. The van der Waals surface area contributed by atoms with Crippen molar-refractivity contribution in [1.82, 2.24) is 10.1 Å². The Kier molecular flexibility index (Phi) is 5.00. The van der Waals surface area contributed by atoms with Gasteiger partial charge in [0.2, 0.25) is 11.8 Å². The van der Waals surface area contributed by atoms with Crippen molar-refractivity contribution in [2.75, 3.05) is 18.4 Å². The minimum absolute atomic E-state index is 0.0711. The number of anilines is 1. The third-order valence-electron chi connectivity index (χ3n) is 3.97. The van der Waals surface area contributed by atoms with E-state index in [4.69, 9.17) is 9.26 Å². The number of carbonyl (C=O) groups excluding carboxylic acids is 1. The first-order valence-electron chi connectivity index (χ1n) is 7.57. The van der Waals surface area contributed by atoms with Crippen LogP contribution in [-0.4, -0.2) is 47.3 Å². The van der Waals surface area contributed by atoms with Crippen LogP contribution in [0.5, 0.6) is 0 Å². The SMILES string of the molecule is CCc1noc(NC(=O)C(C)N2C[C@@H](C)O[C@@H](C)C2)c1C. The van der Waals surface area contributed by atoms with Crippen LogP contribution in [0.4, 0.5) is 5.88 Å². The summed E-state index contributed by atoms with van der Waals surface area (Å²) < 4.78 is 10.9. The molecule has 1 aliphatic heterocycles. The van der Waals surface area contributed by atoms with Crippen LogP contribution in [0.25, 0.3) is 0 Å². The summed E-state index contributed by atoms with van der Waals surface area (Å²) in [4.78, 5) is 14.5. The number of rotatable bonds is 4. The van der Waals surface area contributed by atoms with Crippen LogP contribution in [0.1, 0.15) is 39.0 Å². The van der Waals surface area contributed by atoms with E-state index in [2.05, 4.69) is 15.4 Å². The summed E-state index contributed by atoms with van der Waals surface area (Å²) in [5, 5.41) is 6.80. The Morgan fingerprint density at radius 2 is 2.05 bits per heavy atom. The van der Waals surface area contributed by atoms with E-state index in [-0.39, 0.29) is 24.2 Å². The van der Waals surface area contributed by atoms with Gasteiger partial charge >= 0.3 is 0 Å². The zero-order valence-corrected chi connectivity index (χ0v) is 13.5. The second-order valence-corrected chi connectivity index (χ2v) is 5.81. The van der Waals surface area contributed by atoms with Crippen LogP contribution < -0.4 is 5.32 Å². The Morgan fingerprint density at radius 1 is 1.43 bits per heavy atom. The molecule has 1 aromatic heterocycles. The molecule has 1 amide bonds. The lowest BCUT2D eigenvalue weighted by atomic mass is 10.1. The maximum Gasteiger partial charge on any atom is 0.243 e. The Morgan fingerprint density at radius 3 is 2.57 bits per heavy atom. The van der Waals surface area contributed by atoms with Gasteiger partial charge < -0.3 is 9.26 Å². The molecule has 0 saturated carbocycles. The quantitative estimate of drug-likeness (QED) is 0.920. The number of nitrogens with one attached hydrogen (secondary N) is 1. The second-order valence-electron chi connectivity index (χ2n) is 5.81. The van der Waals surface area contributed by atoms with Crippen molar-refractivity contribution in [2.24, 2.45) is 0 Å². The zero-order valence-electron chi connectivity index (χ0n) is 13.5. The number of hydrogen-bond acceptors (Lipinski definition) is 5. The highest BCUT2D eigenvalue weighted by atomic mass is 16.5. The summed E-state index contributed by atoms with van der Waals surface area (Å²) in [6.07, 6.45) is 1.07. The lowest BCUT2D eigenvalue weighted by Crippen LogP contribution is -2.52. The van der Waals surface area contributed by atoms with E-state index in [1.54, 1.807) is 0 Å². The molecule has 0 aliphatic carbocycles. The second kappa shape index (κ2) is 6.58. The van der Waals surface area contributed by atoms with Crippen molar-refractivity contribution in [3.05, 3.63) is 11.3 Å².